The predicted molar refractivity (Wildman–Crippen MR) is 76.1 cm³/mol. The quantitative estimate of drug-likeness (QED) is 0.441. The van der Waals surface area contributed by atoms with Crippen molar-refractivity contribution < 1.29 is 4.74 Å². The van der Waals surface area contributed by atoms with Crippen molar-refractivity contribution in [2.75, 3.05) is 20.2 Å². The lowest BCUT2D eigenvalue weighted by Crippen LogP contribution is -2.32. The molecule has 0 aliphatic rings. The van der Waals surface area contributed by atoms with E-state index in [0.717, 1.165) is 31.6 Å². The number of ether oxygens (including phenoxy) is 1. The first kappa shape index (κ1) is 14.4. The first-order valence-corrected chi connectivity index (χ1v) is 6.44. The van der Waals surface area contributed by atoms with Crippen LogP contribution in [0.4, 0.5) is 0 Å². The normalized spacial score (nSPS) is 11.3. The van der Waals surface area contributed by atoms with Gasteiger partial charge in [-0.1, -0.05) is 12.1 Å². The lowest BCUT2D eigenvalue weighted by atomic mass is 10.1. The fourth-order valence-corrected chi connectivity index (χ4v) is 1.67. The highest BCUT2D eigenvalue weighted by molar-refractivity contribution is 5.77. The Kier molecular flexibility index (Phi) is 6.69. The average Bonchev–Trinajstić information content (AvgIpc) is 2.40. The summed E-state index contributed by atoms with van der Waals surface area (Å²) in [6.45, 7) is 3.58. The van der Waals surface area contributed by atoms with Gasteiger partial charge in [0.15, 0.2) is 5.96 Å². The summed E-state index contributed by atoms with van der Waals surface area (Å²) in [5.41, 5.74) is 6.88. The second-order valence-corrected chi connectivity index (χ2v) is 4.07. The predicted octanol–water partition coefficient (Wildman–Crippen LogP) is 1.94. The van der Waals surface area contributed by atoms with Gasteiger partial charge in [-0.05, 0) is 43.9 Å². The van der Waals surface area contributed by atoms with Gasteiger partial charge in [0.1, 0.15) is 5.75 Å². The second-order valence-electron chi connectivity index (χ2n) is 4.07. The molecule has 1 aromatic carbocycles. The number of nitrogens with two attached hydrogens (primary N) is 1. The van der Waals surface area contributed by atoms with Crippen molar-refractivity contribution in [3.63, 3.8) is 0 Å². The van der Waals surface area contributed by atoms with Crippen LogP contribution in [0.2, 0.25) is 0 Å². The molecule has 1 aromatic rings. The zero-order valence-electron chi connectivity index (χ0n) is 11.3. The molecule has 0 heterocycles. The molecule has 1 rings (SSSR count). The van der Waals surface area contributed by atoms with Crippen molar-refractivity contribution in [2.24, 2.45) is 10.7 Å². The Morgan fingerprint density at radius 2 is 2.00 bits per heavy atom. The van der Waals surface area contributed by atoms with Gasteiger partial charge in [0.2, 0.25) is 0 Å². The number of unbranched alkanes of at least 4 members (excludes halogenated alkanes) is 1. The number of nitrogens with zero attached hydrogens (tertiary/aromatic N) is 1. The average molecular weight is 249 g/mol. The number of hydrogen-bond donors (Lipinski definition) is 2. The van der Waals surface area contributed by atoms with Crippen LogP contribution in [0.25, 0.3) is 0 Å². The molecule has 0 radical (unpaired) electrons. The molecule has 3 N–H and O–H groups in total. The number of benzene rings is 1. The van der Waals surface area contributed by atoms with E-state index < -0.39 is 0 Å². The maximum Gasteiger partial charge on any atom is 0.188 e. The number of aryl methyl sites for hydroxylation is 1. The highest BCUT2D eigenvalue weighted by Crippen LogP contribution is 2.13. The SMILES string of the molecule is CCOc1ccc(CCCCNC(N)=NC)cc1. The van der Waals surface area contributed by atoms with Crippen molar-refractivity contribution in [1.29, 1.82) is 0 Å². The lowest BCUT2D eigenvalue weighted by Gasteiger charge is -2.06. The van der Waals surface area contributed by atoms with E-state index in [1.807, 2.05) is 19.1 Å². The Morgan fingerprint density at radius 3 is 2.61 bits per heavy atom. The number of aliphatic imine (C=N–C) groups is 1. The van der Waals surface area contributed by atoms with E-state index in [4.69, 9.17) is 10.5 Å². The molecule has 4 heteroatoms. The van der Waals surface area contributed by atoms with E-state index in [2.05, 4.69) is 22.4 Å². The first-order valence-electron chi connectivity index (χ1n) is 6.44. The minimum absolute atomic E-state index is 0.510. The van der Waals surface area contributed by atoms with Crippen molar-refractivity contribution in [3.8, 4) is 5.75 Å². The molecule has 0 amide bonds. The third-order valence-electron chi connectivity index (χ3n) is 2.67. The molecule has 0 aromatic heterocycles. The van der Waals surface area contributed by atoms with E-state index in [0.29, 0.717) is 12.6 Å². The monoisotopic (exact) mass is 249 g/mol. The van der Waals surface area contributed by atoms with Crippen LogP contribution in [0, 0.1) is 0 Å². The highest BCUT2D eigenvalue weighted by Gasteiger charge is 1.96. The van der Waals surface area contributed by atoms with Crippen LogP contribution < -0.4 is 15.8 Å². The molecule has 0 saturated heterocycles. The Morgan fingerprint density at radius 1 is 1.28 bits per heavy atom. The number of guanidine groups is 1. The van der Waals surface area contributed by atoms with Gasteiger partial charge in [-0.2, -0.15) is 0 Å². The summed E-state index contributed by atoms with van der Waals surface area (Å²) in [5.74, 6) is 1.45. The maximum absolute atomic E-state index is 5.54. The molecule has 4 nitrogen and oxygen atoms in total. The van der Waals surface area contributed by atoms with E-state index in [1.165, 1.54) is 5.56 Å². The molecule has 0 bridgehead atoms. The summed E-state index contributed by atoms with van der Waals surface area (Å²) in [5, 5.41) is 3.05. The summed E-state index contributed by atoms with van der Waals surface area (Å²) in [6, 6.07) is 8.30. The van der Waals surface area contributed by atoms with Crippen molar-refractivity contribution in [2.45, 2.75) is 26.2 Å². The van der Waals surface area contributed by atoms with Crippen LogP contribution in [0.5, 0.6) is 5.75 Å². The van der Waals surface area contributed by atoms with Gasteiger partial charge in [-0.15, -0.1) is 0 Å². The standard InChI is InChI=1S/C14H23N3O/c1-3-18-13-9-7-12(8-10-13)6-4-5-11-17-14(15)16-2/h7-10H,3-6,11H2,1-2H3,(H3,15,16,17). The number of rotatable bonds is 7. The third-order valence-corrected chi connectivity index (χ3v) is 2.67. The lowest BCUT2D eigenvalue weighted by molar-refractivity contribution is 0.340. The van der Waals surface area contributed by atoms with Crippen molar-refractivity contribution >= 4 is 5.96 Å². The molecule has 100 valence electrons. The van der Waals surface area contributed by atoms with Crippen LogP contribution >= 0.6 is 0 Å². The van der Waals surface area contributed by atoms with Gasteiger partial charge in [-0.3, -0.25) is 4.99 Å². The largest absolute Gasteiger partial charge is 0.494 e. The first-order chi connectivity index (χ1) is 8.76. The Balaban J connectivity index is 2.19. The van der Waals surface area contributed by atoms with Crippen LogP contribution in [0.3, 0.4) is 0 Å². The number of hydrogen-bond acceptors (Lipinski definition) is 2. The summed E-state index contributed by atoms with van der Waals surface area (Å²) < 4.78 is 5.41. The van der Waals surface area contributed by atoms with E-state index in [1.54, 1.807) is 7.05 Å². The fourth-order valence-electron chi connectivity index (χ4n) is 1.67. The number of nitrogens with one attached hydrogen (secondary N) is 1. The summed E-state index contributed by atoms with van der Waals surface area (Å²) in [4.78, 5) is 3.84. The second kappa shape index (κ2) is 8.39. The maximum atomic E-state index is 5.54. The van der Waals surface area contributed by atoms with Gasteiger partial charge in [0.05, 0.1) is 6.61 Å². The Bertz CT molecular complexity index is 360. The Hall–Kier alpha value is -1.71. The van der Waals surface area contributed by atoms with E-state index in [-0.39, 0.29) is 0 Å². The summed E-state index contributed by atoms with van der Waals surface area (Å²) in [7, 11) is 1.68. The van der Waals surface area contributed by atoms with Crippen LogP contribution in [0.1, 0.15) is 25.3 Å². The smallest absolute Gasteiger partial charge is 0.188 e. The minimum Gasteiger partial charge on any atom is -0.494 e. The van der Waals surface area contributed by atoms with Gasteiger partial charge in [0.25, 0.3) is 0 Å². The molecular weight excluding hydrogens is 226 g/mol. The zero-order chi connectivity index (χ0) is 13.2. The van der Waals surface area contributed by atoms with Gasteiger partial charge in [-0.25, -0.2) is 0 Å². The van der Waals surface area contributed by atoms with Crippen molar-refractivity contribution in [3.05, 3.63) is 29.8 Å². The van der Waals surface area contributed by atoms with Crippen LogP contribution in [-0.4, -0.2) is 26.2 Å². The molecule has 18 heavy (non-hydrogen) atoms. The minimum atomic E-state index is 0.510. The highest BCUT2D eigenvalue weighted by atomic mass is 16.5. The van der Waals surface area contributed by atoms with E-state index in [9.17, 15) is 0 Å². The molecule has 0 saturated carbocycles. The van der Waals surface area contributed by atoms with Gasteiger partial charge < -0.3 is 15.8 Å². The summed E-state index contributed by atoms with van der Waals surface area (Å²) >= 11 is 0. The van der Waals surface area contributed by atoms with Gasteiger partial charge in [0, 0.05) is 13.6 Å². The topological polar surface area (TPSA) is 59.6 Å². The van der Waals surface area contributed by atoms with Crippen LogP contribution in [-0.2, 0) is 6.42 Å². The molecule has 0 aliphatic heterocycles. The molecule has 0 fully saturated rings. The van der Waals surface area contributed by atoms with Crippen LogP contribution in [0.15, 0.2) is 29.3 Å². The molecule has 0 spiro atoms. The van der Waals surface area contributed by atoms with E-state index >= 15 is 0 Å². The van der Waals surface area contributed by atoms with Crippen molar-refractivity contribution in [1.82, 2.24) is 5.32 Å². The Labute approximate surface area is 109 Å². The van der Waals surface area contributed by atoms with Gasteiger partial charge >= 0.3 is 0 Å². The molecule has 0 aliphatic carbocycles. The molecule has 0 atom stereocenters. The third kappa shape index (κ3) is 5.57. The molecule has 0 unspecified atom stereocenters. The summed E-state index contributed by atoms with van der Waals surface area (Å²) in [6.07, 6.45) is 3.30. The fraction of sp³-hybridized carbons (Fsp3) is 0.500. The molecular formula is C14H23N3O. The zero-order valence-corrected chi connectivity index (χ0v) is 11.3.